The van der Waals surface area contributed by atoms with Crippen molar-refractivity contribution in [2.24, 2.45) is 5.73 Å². The number of alkyl carbamates (subject to hydrolysis) is 1. The summed E-state index contributed by atoms with van der Waals surface area (Å²) in [6.45, 7) is 5.18. The smallest absolute Gasteiger partial charge is 0.433 e. The molecule has 3 aromatic rings. The molecule has 13 heteroatoms. The second-order valence-corrected chi connectivity index (χ2v) is 8.59. The van der Waals surface area contributed by atoms with E-state index in [-0.39, 0.29) is 53.6 Å². The van der Waals surface area contributed by atoms with Crippen molar-refractivity contribution < 1.29 is 36.7 Å². The Morgan fingerprint density at radius 1 is 1.06 bits per heavy atom. The number of nitrogens with two attached hydrogens (primary N) is 1. The van der Waals surface area contributed by atoms with E-state index in [1.807, 2.05) is 0 Å². The number of ether oxygens (including phenoxy) is 2. The number of carbonyl (C=O) groups is 2. The molecule has 0 aliphatic carbocycles. The van der Waals surface area contributed by atoms with Crippen LogP contribution < -0.4 is 21.1 Å². The summed E-state index contributed by atoms with van der Waals surface area (Å²) < 4.78 is 55.5. The summed E-state index contributed by atoms with van der Waals surface area (Å²) in [6.07, 6.45) is -5.27. The van der Waals surface area contributed by atoms with Crippen molar-refractivity contribution in [1.82, 2.24) is 20.6 Å². The van der Waals surface area contributed by atoms with Crippen LogP contribution in [-0.2, 0) is 17.5 Å². The quantitative estimate of drug-likeness (QED) is 0.410. The largest absolute Gasteiger partial charge is 0.494 e. The zero-order valence-electron chi connectivity index (χ0n) is 20.1. The summed E-state index contributed by atoms with van der Waals surface area (Å²) in [5, 5.41) is 5.38. The van der Waals surface area contributed by atoms with Crippen LogP contribution in [0.2, 0.25) is 0 Å². The molecule has 4 N–H and O–H groups in total. The zero-order chi connectivity index (χ0) is 26.7. The summed E-state index contributed by atoms with van der Waals surface area (Å²) in [5.41, 5.74) is 4.14. The Kier molecular flexibility index (Phi) is 7.72. The predicted octanol–water partition coefficient (Wildman–Crippen LogP) is 3.63. The van der Waals surface area contributed by atoms with Crippen molar-refractivity contribution in [2.75, 3.05) is 20.2 Å². The molecule has 0 aliphatic rings. The molecule has 2 heterocycles. The minimum Gasteiger partial charge on any atom is -0.494 e. The minimum absolute atomic E-state index is 0.0262. The molecule has 0 bridgehead atoms. The van der Waals surface area contributed by atoms with Crippen LogP contribution in [-0.4, -0.2) is 47.8 Å². The van der Waals surface area contributed by atoms with E-state index in [9.17, 15) is 22.8 Å². The van der Waals surface area contributed by atoms with Gasteiger partial charge < -0.3 is 30.3 Å². The molecule has 194 valence electrons. The molecule has 10 nitrogen and oxygen atoms in total. The molecule has 0 saturated heterocycles. The number of oxazole rings is 1. The van der Waals surface area contributed by atoms with Gasteiger partial charge in [0, 0.05) is 24.0 Å². The van der Waals surface area contributed by atoms with Gasteiger partial charge in [0.25, 0.3) is 5.91 Å². The number of pyridine rings is 1. The number of alkyl halides is 3. The van der Waals surface area contributed by atoms with Crippen LogP contribution in [0.25, 0.3) is 22.4 Å². The molecule has 0 radical (unpaired) electrons. The summed E-state index contributed by atoms with van der Waals surface area (Å²) in [4.78, 5) is 32.3. The molecule has 0 fully saturated rings. The first-order chi connectivity index (χ1) is 16.8. The van der Waals surface area contributed by atoms with Gasteiger partial charge in [0.2, 0.25) is 5.89 Å². The summed E-state index contributed by atoms with van der Waals surface area (Å²) >= 11 is 0. The number of halogens is 3. The lowest BCUT2D eigenvalue weighted by molar-refractivity contribution is -0.140. The summed E-state index contributed by atoms with van der Waals surface area (Å²) in [5.74, 6) is -0.430. The van der Waals surface area contributed by atoms with Crippen molar-refractivity contribution in [3.63, 3.8) is 0 Å². The number of rotatable bonds is 7. The van der Waals surface area contributed by atoms with Gasteiger partial charge >= 0.3 is 12.3 Å². The van der Waals surface area contributed by atoms with Crippen molar-refractivity contribution >= 4 is 22.9 Å². The van der Waals surface area contributed by atoms with Gasteiger partial charge in [-0.15, -0.1) is 0 Å². The van der Waals surface area contributed by atoms with Crippen molar-refractivity contribution in [1.29, 1.82) is 0 Å². The van der Waals surface area contributed by atoms with Crippen LogP contribution in [0.4, 0.5) is 18.0 Å². The Bertz CT molecular complexity index is 1270. The van der Waals surface area contributed by atoms with E-state index in [1.165, 1.54) is 25.3 Å². The lowest BCUT2D eigenvalue weighted by Gasteiger charge is -2.19. The van der Waals surface area contributed by atoms with E-state index in [2.05, 4.69) is 20.6 Å². The fourth-order valence-corrected chi connectivity index (χ4v) is 3.22. The van der Waals surface area contributed by atoms with Crippen LogP contribution in [0.5, 0.6) is 5.75 Å². The highest BCUT2D eigenvalue weighted by Crippen LogP contribution is 2.36. The Hall–Kier alpha value is -3.87. The van der Waals surface area contributed by atoms with E-state index < -0.39 is 29.5 Å². The van der Waals surface area contributed by atoms with Gasteiger partial charge in [0.15, 0.2) is 11.5 Å². The Morgan fingerprint density at radius 3 is 2.36 bits per heavy atom. The number of fused-ring (bicyclic) bond motifs is 1. The molecule has 2 amide bonds. The number of benzene rings is 1. The highest BCUT2D eigenvalue weighted by atomic mass is 19.4. The number of amides is 2. The maximum absolute atomic E-state index is 13.2. The molecule has 1 aromatic carbocycles. The van der Waals surface area contributed by atoms with Crippen molar-refractivity contribution in [2.45, 2.75) is 39.1 Å². The van der Waals surface area contributed by atoms with E-state index in [0.29, 0.717) is 5.56 Å². The first-order valence-electron chi connectivity index (χ1n) is 10.8. The van der Waals surface area contributed by atoms with Gasteiger partial charge in [-0.05, 0) is 45.0 Å². The van der Waals surface area contributed by atoms with Crippen LogP contribution in [0.1, 0.15) is 42.7 Å². The van der Waals surface area contributed by atoms with Gasteiger partial charge in [-0.1, -0.05) is 0 Å². The molecule has 0 spiro atoms. The highest BCUT2D eigenvalue weighted by Gasteiger charge is 2.33. The fourth-order valence-electron chi connectivity index (χ4n) is 3.22. The number of methoxy groups -OCH3 is 1. The first kappa shape index (κ1) is 26.7. The number of aromatic nitrogens is 2. The van der Waals surface area contributed by atoms with E-state index in [1.54, 1.807) is 20.8 Å². The second kappa shape index (κ2) is 10.4. The molecule has 0 unspecified atom stereocenters. The molecule has 0 saturated carbocycles. The molecule has 0 aliphatic heterocycles. The Balaban J connectivity index is 1.83. The number of nitrogens with one attached hydrogen (secondary N) is 2. The van der Waals surface area contributed by atoms with E-state index >= 15 is 0 Å². The number of hydrogen-bond donors (Lipinski definition) is 3. The minimum atomic E-state index is -4.64. The topological polar surface area (TPSA) is 142 Å². The summed E-state index contributed by atoms with van der Waals surface area (Å²) in [7, 11) is 1.31. The van der Waals surface area contributed by atoms with Gasteiger partial charge in [0.1, 0.15) is 22.6 Å². The van der Waals surface area contributed by atoms with Gasteiger partial charge in [-0.25, -0.2) is 14.8 Å². The zero-order valence-corrected chi connectivity index (χ0v) is 20.1. The lowest BCUT2D eigenvalue weighted by Crippen LogP contribution is -2.38. The average Bonchev–Trinajstić information content (AvgIpc) is 3.23. The second-order valence-electron chi connectivity index (χ2n) is 8.59. The normalized spacial score (nSPS) is 11.9. The lowest BCUT2D eigenvalue weighted by atomic mass is 10.1. The average molecular weight is 509 g/mol. The van der Waals surface area contributed by atoms with Crippen molar-refractivity contribution in [3.05, 3.63) is 41.4 Å². The molecule has 3 rings (SSSR count). The van der Waals surface area contributed by atoms with Gasteiger partial charge in [-0.3, -0.25) is 4.79 Å². The van der Waals surface area contributed by atoms with Crippen LogP contribution >= 0.6 is 0 Å². The first-order valence-corrected chi connectivity index (χ1v) is 10.8. The molecule has 36 heavy (non-hydrogen) atoms. The monoisotopic (exact) mass is 509 g/mol. The van der Waals surface area contributed by atoms with E-state index in [0.717, 1.165) is 6.07 Å². The Labute approximate surface area is 204 Å². The maximum Gasteiger partial charge on any atom is 0.433 e. The third kappa shape index (κ3) is 6.22. The molecular weight excluding hydrogens is 483 g/mol. The van der Waals surface area contributed by atoms with Crippen LogP contribution in [0, 0.1) is 0 Å². The molecular formula is C23H26F3N5O5. The standard InChI is InChI=1S/C23H26F3N5O5/c1-22(2,3)36-21(33)29-10-9-28-19(32)18-15(11-27)35-20(31-18)13-5-7-14(34-4)17-12(13)6-8-16(30-17)23(24,25)26/h5-8H,9-11,27H2,1-4H3,(H,28,32)(H,29,33). The van der Waals surface area contributed by atoms with Gasteiger partial charge in [0.05, 0.1) is 13.7 Å². The highest BCUT2D eigenvalue weighted by molar-refractivity contribution is 5.98. The van der Waals surface area contributed by atoms with E-state index in [4.69, 9.17) is 19.6 Å². The number of nitrogens with zero attached hydrogens (tertiary/aromatic N) is 2. The van der Waals surface area contributed by atoms with Crippen LogP contribution in [0.15, 0.2) is 28.7 Å². The summed E-state index contributed by atoms with van der Waals surface area (Å²) in [6, 6.07) is 5.04. The molecule has 0 atom stereocenters. The Morgan fingerprint density at radius 2 is 1.75 bits per heavy atom. The fraction of sp³-hybridized carbons (Fsp3) is 0.391. The molecule has 2 aromatic heterocycles. The maximum atomic E-state index is 13.2. The van der Waals surface area contributed by atoms with Gasteiger partial charge in [-0.2, -0.15) is 13.2 Å². The SMILES string of the molecule is COc1ccc(-c2nc(C(=O)NCCNC(=O)OC(C)(C)C)c(CN)o2)c2ccc(C(F)(F)F)nc12. The third-order valence-corrected chi connectivity index (χ3v) is 4.74. The van der Waals surface area contributed by atoms with Crippen LogP contribution in [0.3, 0.4) is 0 Å². The van der Waals surface area contributed by atoms with Crippen molar-refractivity contribution in [3.8, 4) is 17.2 Å². The predicted molar refractivity (Wildman–Crippen MR) is 123 cm³/mol. The number of carbonyl (C=O) groups excluding carboxylic acids is 2. The third-order valence-electron chi connectivity index (χ3n) is 4.74. The number of hydrogen-bond acceptors (Lipinski definition) is 8.